The van der Waals surface area contributed by atoms with E-state index in [2.05, 4.69) is 24.5 Å². The van der Waals surface area contributed by atoms with Crippen LogP contribution >= 0.6 is 0 Å². The number of aliphatic hydroxyl groups excluding tert-OH is 1. The maximum atomic E-state index is 12.1. The van der Waals surface area contributed by atoms with Crippen LogP contribution in [0.5, 0.6) is 0 Å². The molecule has 3 N–H and O–H groups in total. The Morgan fingerprint density at radius 2 is 2.12 bits per heavy atom. The fourth-order valence-electron chi connectivity index (χ4n) is 2.29. The molecular weight excluding hydrogens is 216 g/mol. The first-order chi connectivity index (χ1) is 8.12. The predicted octanol–water partition coefficient (Wildman–Crippen LogP) is 0.901. The molecule has 0 aromatic heterocycles. The van der Waals surface area contributed by atoms with Crippen molar-refractivity contribution >= 4 is 5.91 Å². The minimum atomic E-state index is -0.206. The summed E-state index contributed by atoms with van der Waals surface area (Å²) in [6.07, 6.45) is 3.60. The van der Waals surface area contributed by atoms with Gasteiger partial charge in [0.25, 0.3) is 0 Å². The van der Waals surface area contributed by atoms with Crippen molar-refractivity contribution in [2.24, 2.45) is 11.3 Å². The van der Waals surface area contributed by atoms with Gasteiger partial charge in [-0.1, -0.05) is 20.3 Å². The van der Waals surface area contributed by atoms with E-state index < -0.39 is 0 Å². The van der Waals surface area contributed by atoms with Crippen LogP contribution in [0.2, 0.25) is 0 Å². The second-order valence-electron chi connectivity index (χ2n) is 5.31. The lowest BCUT2D eigenvalue weighted by Gasteiger charge is -2.33. The molecule has 1 aliphatic rings. The van der Waals surface area contributed by atoms with Gasteiger partial charge < -0.3 is 15.7 Å². The highest BCUT2D eigenvalue weighted by atomic mass is 16.3. The normalized spacial score (nSPS) is 20.9. The molecule has 0 aliphatic carbocycles. The number of piperidine rings is 1. The molecule has 0 saturated carbocycles. The molecule has 0 aromatic carbocycles. The molecule has 1 atom stereocenters. The van der Waals surface area contributed by atoms with Gasteiger partial charge in [0.05, 0.1) is 0 Å². The van der Waals surface area contributed by atoms with Gasteiger partial charge in [0.15, 0.2) is 0 Å². The molecule has 100 valence electrons. The number of hydrogen-bond acceptors (Lipinski definition) is 3. The van der Waals surface area contributed by atoms with Gasteiger partial charge in [-0.3, -0.25) is 4.79 Å². The second-order valence-corrected chi connectivity index (χ2v) is 5.31. The molecule has 1 unspecified atom stereocenters. The molecule has 1 aliphatic heterocycles. The van der Waals surface area contributed by atoms with Crippen molar-refractivity contribution in [2.75, 3.05) is 26.2 Å². The Bertz CT molecular complexity index is 238. The Morgan fingerprint density at radius 3 is 2.65 bits per heavy atom. The molecule has 1 rings (SSSR count). The lowest BCUT2D eigenvalue weighted by molar-refractivity contribution is -0.131. The molecule has 0 radical (unpaired) electrons. The fraction of sp³-hybridized carbons (Fsp3) is 0.923. The van der Waals surface area contributed by atoms with Crippen LogP contribution in [0.25, 0.3) is 0 Å². The van der Waals surface area contributed by atoms with E-state index in [1.165, 1.54) is 0 Å². The number of aliphatic hydroxyl groups is 1. The van der Waals surface area contributed by atoms with E-state index >= 15 is 0 Å². The van der Waals surface area contributed by atoms with Gasteiger partial charge in [0.2, 0.25) is 5.91 Å². The van der Waals surface area contributed by atoms with Crippen LogP contribution < -0.4 is 10.6 Å². The van der Waals surface area contributed by atoms with E-state index in [-0.39, 0.29) is 17.9 Å². The Labute approximate surface area is 104 Å². The predicted molar refractivity (Wildman–Crippen MR) is 68.7 cm³/mol. The second kappa shape index (κ2) is 6.97. The SMILES string of the molecule is CCC(CCO)CNC(=O)C1(C)CCNCC1. The van der Waals surface area contributed by atoms with Gasteiger partial charge in [0, 0.05) is 18.6 Å². The Morgan fingerprint density at radius 1 is 1.47 bits per heavy atom. The number of rotatable bonds is 6. The number of amides is 1. The fourth-order valence-corrected chi connectivity index (χ4v) is 2.29. The zero-order chi connectivity index (χ0) is 12.7. The van der Waals surface area contributed by atoms with Crippen molar-refractivity contribution in [3.63, 3.8) is 0 Å². The minimum absolute atomic E-state index is 0.176. The van der Waals surface area contributed by atoms with Crippen LogP contribution in [0.4, 0.5) is 0 Å². The average molecular weight is 242 g/mol. The van der Waals surface area contributed by atoms with Gasteiger partial charge in [-0.15, -0.1) is 0 Å². The summed E-state index contributed by atoms with van der Waals surface area (Å²) in [5.74, 6) is 0.574. The molecule has 1 fully saturated rings. The summed E-state index contributed by atoms with van der Waals surface area (Å²) < 4.78 is 0. The highest BCUT2D eigenvalue weighted by Crippen LogP contribution is 2.28. The standard InChI is InChI=1S/C13H26N2O2/c1-3-11(4-9-16)10-15-12(17)13(2)5-7-14-8-6-13/h11,14,16H,3-10H2,1-2H3,(H,15,17). The lowest BCUT2D eigenvalue weighted by atomic mass is 9.80. The van der Waals surface area contributed by atoms with E-state index in [4.69, 9.17) is 5.11 Å². The quantitative estimate of drug-likeness (QED) is 0.648. The first-order valence-corrected chi connectivity index (χ1v) is 6.72. The Balaban J connectivity index is 2.37. The van der Waals surface area contributed by atoms with Crippen molar-refractivity contribution < 1.29 is 9.90 Å². The Hall–Kier alpha value is -0.610. The van der Waals surface area contributed by atoms with Crippen molar-refractivity contribution in [2.45, 2.75) is 39.5 Å². The topological polar surface area (TPSA) is 61.4 Å². The summed E-state index contributed by atoms with van der Waals surface area (Å²) in [6.45, 7) is 6.90. The third-order valence-electron chi connectivity index (χ3n) is 3.92. The van der Waals surface area contributed by atoms with Crippen LogP contribution in [-0.4, -0.2) is 37.3 Å². The van der Waals surface area contributed by atoms with Crippen LogP contribution in [0.3, 0.4) is 0 Å². The first kappa shape index (κ1) is 14.5. The molecule has 1 amide bonds. The highest BCUT2D eigenvalue weighted by molar-refractivity contribution is 5.82. The maximum Gasteiger partial charge on any atom is 0.226 e. The smallest absolute Gasteiger partial charge is 0.226 e. The zero-order valence-electron chi connectivity index (χ0n) is 11.1. The van der Waals surface area contributed by atoms with Crippen molar-refractivity contribution in [3.8, 4) is 0 Å². The molecule has 4 nitrogen and oxygen atoms in total. The van der Waals surface area contributed by atoms with Crippen LogP contribution in [0.1, 0.15) is 39.5 Å². The summed E-state index contributed by atoms with van der Waals surface area (Å²) >= 11 is 0. The van der Waals surface area contributed by atoms with Crippen molar-refractivity contribution in [3.05, 3.63) is 0 Å². The molecular formula is C13H26N2O2. The molecule has 1 saturated heterocycles. The molecule has 17 heavy (non-hydrogen) atoms. The largest absolute Gasteiger partial charge is 0.396 e. The molecule has 0 bridgehead atoms. The number of carbonyl (C=O) groups is 1. The number of nitrogens with one attached hydrogen (secondary N) is 2. The molecule has 1 heterocycles. The minimum Gasteiger partial charge on any atom is -0.396 e. The van der Waals surface area contributed by atoms with E-state index in [9.17, 15) is 4.79 Å². The summed E-state index contributed by atoms with van der Waals surface area (Å²) in [4.78, 5) is 12.1. The molecule has 4 heteroatoms. The van der Waals surface area contributed by atoms with Gasteiger partial charge in [-0.25, -0.2) is 0 Å². The van der Waals surface area contributed by atoms with Crippen molar-refractivity contribution in [1.29, 1.82) is 0 Å². The van der Waals surface area contributed by atoms with E-state index in [1.54, 1.807) is 0 Å². The third kappa shape index (κ3) is 4.28. The Kier molecular flexibility index (Phi) is 5.92. The van der Waals surface area contributed by atoms with E-state index in [0.29, 0.717) is 12.5 Å². The van der Waals surface area contributed by atoms with Gasteiger partial charge in [0.1, 0.15) is 0 Å². The molecule has 0 spiro atoms. The lowest BCUT2D eigenvalue weighted by Crippen LogP contribution is -2.46. The number of carbonyl (C=O) groups excluding carboxylic acids is 1. The summed E-state index contributed by atoms with van der Waals surface area (Å²) in [5.41, 5.74) is -0.206. The zero-order valence-corrected chi connectivity index (χ0v) is 11.1. The summed E-state index contributed by atoms with van der Waals surface area (Å²) in [5, 5.41) is 15.2. The van der Waals surface area contributed by atoms with Crippen molar-refractivity contribution in [1.82, 2.24) is 10.6 Å². The highest BCUT2D eigenvalue weighted by Gasteiger charge is 2.34. The molecule has 0 aromatic rings. The summed E-state index contributed by atoms with van der Waals surface area (Å²) in [6, 6.07) is 0. The van der Waals surface area contributed by atoms with Crippen LogP contribution in [0, 0.1) is 11.3 Å². The van der Waals surface area contributed by atoms with E-state index in [0.717, 1.165) is 38.8 Å². The first-order valence-electron chi connectivity index (χ1n) is 6.72. The van der Waals surface area contributed by atoms with Crippen LogP contribution in [0.15, 0.2) is 0 Å². The van der Waals surface area contributed by atoms with Gasteiger partial charge >= 0.3 is 0 Å². The maximum absolute atomic E-state index is 12.1. The average Bonchev–Trinajstić information content (AvgIpc) is 2.35. The monoisotopic (exact) mass is 242 g/mol. The van der Waals surface area contributed by atoms with Gasteiger partial charge in [-0.2, -0.15) is 0 Å². The third-order valence-corrected chi connectivity index (χ3v) is 3.92. The van der Waals surface area contributed by atoms with Gasteiger partial charge in [-0.05, 0) is 38.3 Å². The number of hydrogen-bond donors (Lipinski definition) is 3. The van der Waals surface area contributed by atoms with Crippen LogP contribution in [-0.2, 0) is 4.79 Å². The van der Waals surface area contributed by atoms with E-state index in [1.807, 2.05) is 0 Å². The summed E-state index contributed by atoms with van der Waals surface area (Å²) in [7, 11) is 0.